The van der Waals surface area contributed by atoms with Gasteiger partial charge < -0.3 is 0 Å². The minimum absolute atomic E-state index is 0.144. The fourth-order valence-corrected chi connectivity index (χ4v) is 1.50. The summed E-state index contributed by atoms with van der Waals surface area (Å²) in [6.45, 7) is 1.91. The molecular weight excluding hydrogens is 235 g/mol. The van der Waals surface area contributed by atoms with Gasteiger partial charge >= 0.3 is 0 Å². The van der Waals surface area contributed by atoms with Gasteiger partial charge in [0, 0.05) is 6.42 Å². The Labute approximate surface area is 105 Å². The van der Waals surface area contributed by atoms with Gasteiger partial charge in [-0.1, -0.05) is 25.5 Å². The number of benzene rings is 1. The van der Waals surface area contributed by atoms with Crippen LogP contribution in [0, 0.1) is 5.82 Å². The Morgan fingerprint density at radius 2 is 1.78 bits per heavy atom. The van der Waals surface area contributed by atoms with E-state index < -0.39 is 29.6 Å². The summed E-state index contributed by atoms with van der Waals surface area (Å²) in [6.07, 6.45) is 1.03. The van der Waals surface area contributed by atoms with Gasteiger partial charge in [0.1, 0.15) is 5.82 Å². The van der Waals surface area contributed by atoms with Crippen LogP contribution in [0.25, 0.3) is 0 Å². The van der Waals surface area contributed by atoms with E-state index in [-0.39, 0.29) is 12.0 Å². The van der Waals surface area contributed by atoms with Crippen molar-refractivity contribution in [3.8, 4) is 0 Å². The molecule has 0 fully saturated rings. The predicted molar refractivity (Wildman–Crippen MR) is 64.9 cm³/mol. The molecule has 18 heavy (non-hydrogen) atoms. The van der Waals surface area contributed by atoms with Crippen LogP contribution in [0.1, 0.15) is 43.0 Å². The smallest absolute Gasteiger partial charge is 0.206 e. The number of unbranched alkanes of at least 4 members (excludes halogenated alkanes) is 1. The standard InChI is InChI=1S/C14H15FO3/c1-2-3-8-12(16)14(18)9-13(17)10-6-4-5-7-11(10)15/h4-7H,2-3,8-9H2,1H3. The minimum atomic E-state index is -0.739. The molecule has 0 aliphatic carbocycles. The molecule has 1 aromatic rings. The third kappa shape index (κ3) is 3.87. The highest BCUT2D eigenvalue weighted by molar-refractivity contribution is 6.41. The molecule has 0 N–H and O–H groups in total. The maximum Gasteiger partial charge on any atom is 0.206 e. The first kappa shape index (κ1) is 14.2. The molecule has 0 saturated carbocycles. The van der Waals surface area contributed by atoms with E-state index >= 15 is 0 Å². The van der Waals surface area contributed by atoms with Crippen LogP contribution < -0.4 is 0 Å². The molecule has 0 unspecified atom stereocenters. The molecule has 0 amide bonds. The first-order valence-corrected chi connectivity index (χ1v) is 5.90. The number of halogens is 1. The molecule has 1 rings (SSSR count). The lowest BCUT2D eigenvalue weighted by atomic mass is 10.0. The Morgan fingerprint density at radius 1 is 1.11 bits per heavy atom. The number of rotatable bonds is 7. The molecule has 0 radical (unpaired) electrons. The van der Waals surface area contributed by atoms with Gasteiger partial charge in [0.2, 0.25) is 5.78 Å². The van der Waals surface area contributed by atoms with Crippen molar-refractivity contribution in [2.75, 3.05) is 0 Å². The highest BCUT2D eigenvalue weighted by atomic mass is 19.1. The Bertz CT molecular complexity index is 466. The van der Waals surface area contributed by atoms with Crippen molar-refractivity contribution in [3.63, 3.8) is 0 Å². The van der Waals surface area contributed by atoms with Crippen molar-refractivity contribution in [1.82, 2.24) is 0 Å². The lowest BCUT2D eigenvalue weighted by Crippen LogP contribution is -2.18. The molecule has 96 valence electrons. The summed E-state index contributed by atoms with van der Waals surface area (Å²) in [5.41, 5.74) is -0.144. The maximum atomic E-state index is 13.3. The summed E-state index contributed by atoms with van der Waals surface area (Å²) in [6, 6.07) is 5.43. The Kier molecular flexibility index (Phi) is 5.36. The minimum Gasteiger partial charge on any atom is -0.294 e. The molecule has 0 bridgehead atoms. The molecule has 0 aliphatic heterocycles. The third-order valence-corrected chi connectivity index (χ3v) is 2.56. The lowest BCUT2D eigenvalue weighted by molar-refractivity contribution is -0.136. The molecule has 0 atom stereocenters. The topological polar surface area (TPSA) is 51.2 Å². The van der Waals surface area contributed by atoms with Gasteiger partial charge in [-0.3, -0.25) is 14.4 Å². The van der Waals surface area contributed by atoms with Crippen LogP contribution in [-0.2, 0) is 9.59 Å². The Balaban J connectivity index is 2.63. The number of hydrogen-bond donors (Lipinski definition) is 0. The maximum absolute atomic E-state index is 13.3. The van der Waals surface area contributed by atoms with Crippen LogP contribution in [0.2, 0.25) is 0 Å². The van der Waals surface area contributed by atoms with Gasteiger partial charge in [-0.05, 0) is 18.6 Å². The summed E-state index contributed by atoms with van der Waals surface area (Å²) in [4.78, 5) is 34.5. The predicted octanol–water partition coefficient (Wildman–Crippen LogP) is 2.73. The van der Waals surface area contributed by atoms with E-state index in [4.69, 9.17) is 0 Å². The van der Waals surface area contributed by atoms with Gasteiger partial charge in [-0.2, -0.15) is 0 Å². The van der Waals surface area contributed by atoms with Crippen LogP contribution in [0.15, 0.2) is 24.3 Å². The van der Waals surface area contributed by atoms with Crippen molar-refractivity contribution >= 4 is 17.3 Å². The summed E-state index contributed by atoms with van der Waals surface area (Å²) >= 11 is 0. The number of carbonyl (C=O) groups excluding carboxylic acids is 3. The first-order valence-electron chi connectivity index (χ1n) is 5.90. The number of carbonyl (C=O) groups is 3. The van der Waals surface area contributed by atoms with Gasteiger partial charge in [0.05, 0.1) is 12.0 Å². The molecule has 0 spiro atoms. The molecule has 1 aromatic carbocycles. The number of Topliss-reactive ketones (excluding diaryl/α,β-unsaturated/α-hetero) is 3. The average Bonchev–Trinajstić information content (AvgIpc) is 2.36. The highest BCUT2D eigenvalue weighted by Gasteiger charge is 2.19. The second kappa shape index (κ2) is 6.79. The zero-order chi connectivity index (χ0) is 13.5. The quantitative estimate of drug-likeness (QED) is 0.424. The third-order valence-electron chi connectivity index (χ3n) is 2.56. The number of ketones is 3. The zero-order valence-electron chi connectivity index (χ0n) is 10.2. The second-order valence-electron chi connectivity index (χ2n) is 4.03. The largest absolute Gasteiger partial charge is 0.294 e. The van der Waals surface area contributed by atoms with Gasteiger partial charge in [0.15, 0.2) is 11.6 Å². The molecular formula is C14H15FO3. The summed E-state index contributed by atoms with van der Waals surface area (Å²) in [7, 11) is 0. The fourth-order valence-electron chi connectivity index (χ4n) is 1.50. The SMILES string of the molecule is CCCCC(=O)C(=O)CC(=O)c1ccccc1F. The van der Waals surface area contributed by atoms with Crippen molar-refractivity contribution in [2.24, 2.45) is 0 Å². The molecule has 0 heterocycles. The monoisotopic (exact) mass is 250 g/mol. The highest BCUT2D eigenvalue weighted by Crippen LogP contribution is 2.10. The zero-order valence-corrected chi connectivity index (χ0v) is 10.2. The average molecular weight is 250 g/mol. The Morgan fingerprint density at radius 3 is 2.39 bits per heavy atom. The fraction of sp³-hybridized carbons (Fsp3) is 0.357. The van der Waals surface area contributed by atoms with Crippen molar-refractivity contribution < 1.29 is 18.8 Å². The van der Waals surface area contributed by atoms with E-state index in [2.05, 4.69) is 0 Å². The van der Waals surface area contributed by atoms with Crippen LogP contribution in [-0.4, -0.2) is 17.3 Å². The van der Waals surface area contributed by atoms with Crippen molar-refractivity contribution in [2.45, 2.75) is 32.6 Å². The van der Waals surface area contributed by atoms with E-state index in [1.54, 1.807) is 0 Å². The van der Waals surface area contributed by atoms with E-state index in [0.717, 1.165) is 12.5 Å². The Hall–Kier alpha value is -1.84. The summed E-state index contributed by atoms with van der Waals surface area (Å²) < 4.78 is 13.3. The second-order valence-corrected chi connectivity index (χ2v) is 4.03. The van der Waals surface area contributed by atoms with Crippen LogP contribution in [0.3, 0.4) is 0 Å². The van der Waals surface area contributed by atoms with Crippen molar-refractivity contribution in [3.05, 3.63) is 35.6 Å². The van der Waals surface area contributed by atoms with Crippen LogP contribution in [0.4, 0.5) is 4.39 Å². The summed E-state index contributed by atoms with van der Waals surface area (Å²) in [5.74, 6) is -2.61. The molecule has 4 heteroatoms. The van der Waals surface area contributed by atoms with Gasteiger partial charge in [-0.15, -0.1) is 0 Å². The molecule has 0 aromatic heterocycles. The van der Waals surface area contributed by atoms with E-state index in [1.807, 2.05) is 6.92 Å². The molecule has 3 nitrogen and oxygen atoms in total. The first-order chi connectivity index (χ1) is 8.56. The van der Waals surface area contributed by atoms with Crippen LogP contribution >= 0.6 is 0 Å². The van der Waals surface area contributed by atoms with Gasteiger partial charge in [0.25, 0.3) is 0 Å². The molecule has 0 aliphatic rings. The number of hydrogen-bond acceptors (Lipinski definition) is 3. The summed E-state index contributed by atoms with van der Waals surface area (Å²) in [5, 5.41) is 0. The lowest BCUT2D eigenvalue weighted by Gasteiger charge is -2.01. The van der Waals surface area contributed by atoms with Crippen LogP contribution in [0.5, 0.6) is 0 Å². The normalized spacial score (nSPS) is 10.1. The van der Waals surface area contributed by atoms with Crippen molar-refractivity contribution in [1.29, 1.82) is 0 Å². The van der Waals surface area contributed by atoms with E-state index in [9.17, 15) is 18.8 Å². The van der Waals surface area contributed by atoms with Gasteiger partial charge in [-0.25, -0.2) is 4.39 Å². The molecule has 0 saturated heterocycles. The van der Waals surface area contributed by atoms with E-state index in [1.165, 1.54) is 18.2 Å². The van der Waals surface area contributed by atoms with E-state index in [0.29, 0.717) is 6.42 Å².